The summed E-state index contributed by atoms with van der Waals surface area (Å²) < 4.78 is 6.47. The molecule has 1 atom stereocenters. The Hall–Kier alpha value is -6.96. The monoisotopic (exact) mass is 698 g/mol. The van der Waals surface area contributed by atoms with E-state index in [9.17, 15) is 0 Å². The van der Waals surface area contributed by atoms with Gasteiger partial charge in [-0.2, -0.15) is 0 Å². The maximum atomic E-state index is 6.47. The topological polar surface area (TPSA) is 13.1 Å². The Morgan fingerprint density at radius 3 is 1.85 bits per heavy atom. The van der Waals surface area contributed by atoms with Crippen LogP contribution in [0, 0.1) is 5.92 Å². The van der Waals surface area contributed by atoms with Crippen molar-refractivity contribution in [1.29, 1.82) is 0 Å². The molecule has 256 valence electrons. The summed E-state index contributed by atoms with van der Waals surface area (Å²) in [4.78, 5) is 0. The highest BCUT2D eigenvalue weighted by atomic mass is 16.3. The van der Waals surface area contributed by atoms with Crippen molar-refractivity contribution in [3.8, 4) is 33.4 Å². The molecule has 1 aromatic heterocycles. The number of hydrogen-bond donors (Lipinski definition) is 0. The lowest BCUT2D eigenvalue weighted by molar-refractivity contribution is 0.586. The Bertz CT molecular complexity index is 3270. The minimum atomic E-state index is 0.394. The van der Waals surface area contributed by atoms with Gasteiger partial charge in [-0.05, 0) is 117 Å². The zero-order valence-corrected chi connectivity index (χ0v) is 30.1. The summed E-state index contributed by atoms with van der Waals surface area (Å²) >= 11 is 0. The molecule has 0 N–H and O–H groups in total. The van der Waals surface area contributed by atoms with E-state index in [2.05, 4.69) is 188 Å². The number of hydrogen-bond acceptors (Lipinski definition) is 1. The first kappa shape index (κ1) is 30.5. The normalized spacial score (nSPS) is 15.0. The number of furan rings is 1. The summed E-state index contributed by atoms with van der Waals surface area (Å²) in [6, 6.07) is 58.4. The first-order chi connectivity index (χ1) is 27.3. The number of benzene rings is 9. The lowest BCUT2D eigenvalue weighted by atomic mass is 9.82. The van der Waals surface area contributed by atoms with E-state index < -0.39 is 0 Å². The third-order valence-electron chi connectivity index (χ3n) is 12.2. The molecular weight excluding hydrogens is 665 g/mol. The zero-order valence-electron chi connectivity index (χ0n) is 30.1. The van der Waals surface area contributed by atoms with E-state index in [1.807, 2.05) is 0 Å². The summed E-state index contributed by atoms with van der Waals surface area (Å²) in [6.45, 7) is 0. The molecular formula is C54H34O. The van der Waals surface area contributed by atoms with Crippen LogP contribution in [-0.2, 0) is 6.42 Å². The largest absolute Gasteiger partial charge is 0.456 e. The SMILES string of the molecule is C1=CC2=Cc3oc4cccc(-c5ccc(-c6c7ccccc7c(-c7cc8ccc9ccccc9c8c8ccccc78)c7ccccc67)cc5)c4c3CC2C=C1. The Labute approximate surface area is 318 Å². The third-order valence-corrected chi connectivity index (χ3v) is 12.2. The molecule has 0 bridgehead atoms. The standard InChI is InChI=1S/C54H34O/c1-2-14-37-32-50-48(30-36(37)13-1)54-40(22-11-23-49(54)55-50)34-24-27-35(28-25-34)51-43-18-7-9-20-45(43)53(46-21-10-8-19-44(46)51)47-31-38-29-26-33-12-3-4-15-39(33)52(38)42-17-6-5-16-41(42)47/h1-29,31-32,36H,30H2. The highest BCUT2D eigenvalue weighted by Crippen LogP contribution is 2.48. The van der Waals surface area contributed by atoms with Crippen LogP contribution in [0.15, 0.2) is 192 Å². The number of allylic oxidation sites excluding steroid dienone is 5. The van der Waals surface area contributed by atoms with Gasteiger partial charge >= 0.3 is 0 Å². The van der Waals surface area contributed by atoms with Gasteiger partial charge in [-0.3, -0.25) is 0 Å². The van der Waals surface area contributed by atoms with Gasteiger partial charge in [0.1, 0.15) is 11.3 Å². The second kappa shape index (κ2) is 11.8. The lowest BCUT2D eigenvalue weighted by Crippen LogP contribution is -2.10. The van der Waals surface area contributed by atoms with E-state index in [4.69, 9.17) is 4.42 Å². The van der Waals surface area contributed by atoms with Crippen LogP contribution < -0.4 is 0 Å². The van der Waals surface area contributed by atoms with Crippen LogP contribution in [0.25, 0.3) is 104 Å². The molecule has 1 heterocycles. The maximum Gasteiger partial charge on any atom is 0.135 e. The molecule has 0 saturated heterocycles. The highest BCUT2D eigenvalue weighted by Gasteiger charge is 2.26. The van der Waals surface area contributed by atoms with Crippen molar-refractivity contribution >= 4 is 70.9 Å². The van der Waals surface area contributed by atoms with Crippen LogP contribution in [0.1, 0.15) is 11.3 Å². The summed E-state index contributed by atoms with van der Waals surface area (Å²) in [6.07, 6.45) is 12.0. The van der Waals surface area contributed by atoms with Gasteiger partial charge in [0, 0.05) is 16.9 Å². The third kappa shape index (κ3) is 4.54. The molecule has 0 spiro atoms. The highest BCUT2D eigenvalue weighted by molar-refractivity contribution is 6.28. The van der Waals surface area contributed by atoms with Crippen molar-refractivity contribution in [2.45, 2.75) is 6.42 Å². The van der Waals surface area contributed by atoms with E-state index in [0.29, 0.717) is 5.92 Å². The van der Waals surface area contributed by atoms with Gasteiger partial charge in [0.25, 0.3) is 0 Å². The van der Waals surface area contributed by atoms with Crippen LogP contribution in [0.5, 0.6) is 0 Å². The minimum absolute atomic E-state index is 0.394. The van der Waals surface area contributed by atoms with Gasteiger partial charge in [-0.1, -0.05) is 170 Å². The van der Waals surface area contributed by atoms with Crippen molar-refractivity contribution in [1.82, 2.24) is 0 Å². The first-order valence-corrected chi connectivity index (χ1v) is 19.3. The molecule has 0 aliphatic heterocycles. The van der Waals surface area contributed by atoms with Gasteiger partial charge in [-0.25, -0.2) is 0 Å². The van der Waals surface area contributed by atoms with E-state index in [0.717, 1.165) is 17.8 Å². The van der Waals surface area contributed by atoms with E-state index >= 15 is 0 Å². The quantitative estimate of drug-likeness (QED) is 0.132. The molecule has 2 aliphatic rings. The van der Waals surface area contributed by atoms with Crippen LogP contribution in [0.2, 0.25) is 0 Å². The second-order valence-corrected chi connectivity index (χ2v) is 15.1. The molecule has 1 heteroatoms. The van der Waals surface area contributed by atoms with Crippen LogP contribution in [-0.4, -0.2) is 0 Å². The van der Waals surface area contributed by atoms with Crippen molar-refractivity contribution in [3.63, 3.8) is 0 Å². The predicted octanol–water partition coefficient (Wildman–Crippen LogP) is 14.9. The van der Waals surface area contributed by atoms with E-state index in [1.54, 1.807) is 0 Å². The zero-order chi connectivity index (χ0) is 36.0. The van der Waals surface area contributed by atoms with Crippen molar-refractivity contribution < 1.29 is 4.42 Å². The Kier molecular flexibility index (Phi) is 6.53. The molecule has 9 aromatic carbocycles. The summed E-state index contributed by atoms with van der Waals surface area (Å²) in [7, 11) is 0. The fraction of sp³-hybridized carbons (Fsp3) is 0.0370. The Morgan fingerprint density at radius 1 is 0.455 bits per heavy atom. The average Bonchev–Trinajstić information content (AvgIpc) is 3.62. The predicted molar refractivity (Wildman–Crippen MR) is 234 cm³/mol. The number of fused-ring (bicyclic) bond motifs is 11. The van der Waals surface area contributed by atoms with Crippen LogP contribution in [0.3, 0.4) is 0 Å². The van der Waals surface area contributed by atoms with Crippen molar-refractivity contribution in [2.24, 2.45) is 5.92 Å². The van der Waals surface area contributed by atoms with Gasteiger partial charge in [0.15, 0.2) is 0 Å². The minimum Gasteiger partial charge on any atom is -0.456 e. The second-order valence-electron chi connectivity index (χ2n) is 15.1. The average molecular weight is 699 g/mol. The van der Waals surface area contributed by atoms with Gasteiger partial charge in [-0.15, -0.1) is 0 Å². The summed E-state index contributed by atoms with van der Waals surface area (Å²) in [5, 5.41) is 14.0. The Balaban J connectivity index is 1.06. The molecule has 0 fully saturated rings. The first-order valence-electron chi connectivity index (χ1n) is 19.3. The van der Waals surface area contributed by atoms with E-state index in [1.165, 1.54) is 104 Å². The molecule has 1 unspecified atom stereocenters. The molecule has 2 aliphatic carbocycles. The van der Waals surface area contributed by atoms with Crippen LogP contribution in [0.4, 0.5) is 0 Å². The molecule has 1 nitrogen and oxygen atoms in total. The molecule has 0 radical (unpaired) electrons. The molecule has 0 amide bonds. The van der Waals surface area contributed by atoms with E-state index in [-0.39, 0.29) is 0 Å². The molecule has 10 aromatic rings. The molecule has 0 saturated carbocycles. The van der Waals surface area contributed by atoms with Gasteiger partial charge in [0.2, 0.25) is 0 Å². The van der Waals surface area contributed by atoms with Crippen molar-refractivity contribution in [2.75, 3.05) is 0 Å². The summed E-state index contributed by atoms with van der Waals surface area (Å²) in [5.74, 6) is 1.39. The molecule has 12 rings (SSSR count). The maximum absolute atomic E-state index is 6.47. The van der Waals surface area contributed by atoms with Gasteiger partial charge < -0.3 is 4.42 Å². The lowest BCUT2D eigenvalue weighted by Gasteiger charge is -2.21. The Morgan fingerprint density at radius 2 is 1.09 bits per heavy atom. The van der Waals surface area contributed by atoms with Gasteiger partial charge in [0.05, 0.1) is 0 Å². The number of rotatable bonds is 3. The summed E-state index contributed by atoms with van der Waals surface area (Å²) in [5.41, 5.74) is 11.1. The molecule has 55 heavy (non-hydrogen) atoms. The fourth-order valence-electron chi connectivity index (χ4n) is 9.73. The smallest absolute Gasteiger partial charge is 0.135 e. The fourth-order valence-corrected chi connectivity index (χ4v) is 9.73. The van der Waals surface area contributed by atoms with Crippen molar-refractivity contribution in [3.05, 3.63) is 199 Å². The van der Waals surface area contributed by atoms with Crippen LogP contribution >= 0.6 is 0 Å².